The van der Waals surface area contributed by atoms with E-state index in [4.69, 9.17) is 5.73 Å². The molecule has 146 valence electrons. The number of amides is 1. The Bertz CT molecular complexity index is 1210. The van der Waals surface area contributed by atoms with Crippen LogP contribution in [0.15, 0.2) is 42.9 Å². The predicted molar refractivity (Wildman–Crippen MR) is 111 cm³/mol. The number of aromatic nitrogens is 5. The number of nitrogen functional groups attached to an aromatic ring is 1. The van der Waals surface area contributed by atoms with Crippen LogP contribution < -0.4 is 11.1 Å². The molecular weight excluding hydrogens is 368 g/mol. The fourth-order valence-corrected chi connectivity index (χ4v) is 3.68. The van der Waals surface area contributed by atoms with Gasteiger partial charge < -0.3 is 20.5 Å². The summed E-state index contributed by atoms with van der Waals surface area (Å²) in [5, 5.41) is 5.22. The summed E-state index contributed by atoms with van der Waals surface area (Å²) >= 11 is 0. The molecule has 1 saturated heterocycles. The Kier molecular flexibility index (Phi) is 4.19. The Morgan fingerprint density at radius 3 is 2.86 bits per heavy atom. The number of nitrogens with one attached hydrogen (secondary N) is 1. The van der Waals surface area contributed by atoms with Crippen LogP contribution >= 0.6 is 0 Å². The number of benzene rings is 1. The number of fused-ring (bicyclic) bond motifs is 2. The van der Waals surface area contributed by atoms with E-state index in [0.717, 1.165) is 23.7 Å². The van der Waals surface area contributed by atoms with Gasteiger partial charge in [-0.05, 0) is 17.9 Å². The molecule has 3 N–H and O–H groups in total. The molecule has 1 amide bonds. The Morgan fingerprint density at radius 1 is 1.10 bits per heavy atom. The van der Waals surface area contributed by atoms with Crippen molar-refractivity contribution >= 4 is 45.4 Å². The molecule has 0 radical (unpaired) electrons. The minimum atomic E-state index is 0.202. The third kappa shape index (κ3) is 3.20. The predicted octanol–water partition coefficient (Wildman–Crippen LogP) is 2.32. The van der Waals surface area contributed by atoms with Gasteiger partial charge in [-0.25, -0.2) is 9.97 Å². The van der Waals surface area contributed by atoms with Gasteiger partial charge in [-0.1, -0.05) is 24.3 Å². The summed E-state index contributed by atoms with van der Waals surface area (Å²) < 4.78 is 1.90. The summed E-state index contributed by atoms with van der Waals surface area (Å²) in [5.74, 6) is 1.52. The number of hydrogen-bond acceptors (Lipinski definition) is 7. The van der Waals surface area contributed by atoms with Crippen molar-refractivity contribution in [3.8, 4) is 0 Å². The van der Waals surface area contributed by atoms with Crippen molar-refractivity contribution in [2.45, 2.75) is 19.4 Å². The van der Waals surface area contributed by atoms with Crippen LogP contribution in [-0.2, 0) is 11.3 Å². The van der Waals surface area contributed by atoms with Crippen LogP contribution in [0, 0.1) is 0 Å². The number of carbonyl (C=O) groups is 1. The van der Waals surface area contributed by atoms with Gasteiger partial charge in [0.2, 0.25) is 11.9 Å². The Hall–Kier alpha value is -3.75. The number of rotatable bonds is 5. The van der Waals surface area contributed by atoms with Crippen LogP contribution in [0.25, 0.3) is 21.9 Å². The van der Waals surface area contributed by atoms with Gasteiger partial charge >= 0.3 is 0 Å². The van der Waals surface area contributed by atoms with Gasteiger partial charge in [0, 0.05) is 37.6 Å². The van der Waals surface area contributed by atoms with Gasteiger partial charge in [0.05, 0.1) is 6.33 Å². The SMILES string of the molecule is Nc1nc(Nc2nccc3ccccc23)nc2c1ncn2CCN1CCCC1=O. The standard InChI is InChI=1S/C20H20N8O/c21-17-16-19(28(12-23-16)11-10-27-9-3-6-15(27)29)26-20(24-17)25-18-14-5-2-1-4-13(14)7-8-22-18/h1-2,4-5,7-8,12H,3,6,9-11H2,(H3,21,22,24,25,26). The van der Waals surface area contributed by atoms with Gasteiger partial charge in [0.15, 0.2) is 11.5 Å². The van der Waals surface area contributed by atoms with Crippen LogP contribution in [0.1, 0.15) is 12.8 Å². The molecule has 9 nitrogen and oxygen atoms in total. The number of imidazole rings is 1. The molecule has 0 unspecified atom stereocenters. The number of nitrogens with two attached hydrogens (primary N) is 1. The maximum Gasteiger partial charge on any atom is 0.232 e. The van der Waals surface area contributed by atoms with Gasteiger partial charge in [-0.3, -0.25) is 4.79 Å². The van der Waals surface area contributed by atoms with Crippen molar-refractivity contribution < 1.29 is 4.79 Å². The summed E-state index contributed by atoms with van der Waals surface area (Å²) in [4.78, 5) is 31.5. The topological polar surface area (TPSA) is 115 Å². The van der Waals surface area contributed by atoms with E-state index in [-0.39, 0.29) is 5.91 Å². The average molecular weight is 388 g/mol. The molecule has 4 aromatic rings. The first-order chi connectivity index (χ1) is 14.2. The van der Waals surface area contributed by atoms with Crippen molar-refractivity contribution in [2.24, 2.45) is 0 Å². The summed E-state index contributed by atoms with van der Waals surface area (Å²) in [6, 6.07) is 9.91. The number of anilines is 3. The molecule has 1 aromatic carbocycles. The summed E-state index contributed by atoms with van der Waals surface area (Å²) in [6.45, 7) is 2.04. The van der Waals surface area contributed by atoms with Crippen LogP contribution in [-0.4, -0.2) is 48.4 Å². The molecule has 3 aromatic heterocycles. The normalized spacial score (nSPS) is 14.2. The fraction of sp³-hybridized carbons (Fsp3) is 0.250. The number of nitrogens with zero attached hydrogens (tertiary/aromatic N) is 6. The lowest BCUT2D eigenvalue weighted by atomic mass is 10.1. The molecule has 1 aliphatic rings. The van der Waals surface area contributed by atoms with Crippen molar-refractivity contribution in [1.82, 2.24) is 29.4 Å². The molecule has 0 saturated carbocycles. The maximum atomic E-state index is 11.9. The van der Waals surface area contributed by atoms with E-state index < -0.39 is 0 Å². The third-order valence-corrected chi connectivity index (χ3v) is 5.18. The first kappa shape index (κ1) is 17.4. The minimum absolute atomic E-state index is 0.202. The highest BCUT2D eigenvalue weighted by Crippen LogP contribution is 2.25. The number of likely N-dealkylation sites (tertiary alicyclic amines) is 1. The number of hydrogen-bond donors (Lipinski definition) is 2. The van der Waals surface area contributed by atoms with Gasteiger partial charge in [0.1, 0.15) is 11.3 Å². The van der Waals surface area contributed by atoms with Crippen LogP contribution in [0.3, 0.4) is 0 Å². The Morgan fingerprint density at radius 2 is 2.00 bits per heavy atom. The molecule has 1 fully saturated rings. The molecule has 0 aliphatic carbocycles. The highest BCUT2D eigenvalue weighted by molar-refractivity contribution is 5.93. The lowest BCUT2D eigenvalue weighted by molar-refractivity contribution is -0.127. The molecule has 29 heavy (non-hydrogen) atoms. The lowest BCUT2D eigenvalue weighted by Gasteiger charge is -2.15. The Labute approximate surface area is 166 Å². The molecule has 5 rings (SSSR count). The van der Waals surface area contributed by atoms with E-state index >= 15 is 0 Å². The van der Waals surface area contributed by atoms with E-state index in [1.165, 1.54) is 0 Å². The van der Waals surface area contributed by atoms with E-state index in [9.17, 15) is 4.79 Å². The number of carbonyl (C=O) groups excluding carboxylic acids is 1. The zero-order valence-electron chi connectivity index (χ0n) is 15.7. The molecule has 0 spiro atoms. The average Bonchev–Trinajstić information content (AvgIpc) is 3.33. The summed E-state index contributed by atoms with van der Waals surface area (Å²) in [6.07, 6.45) is 4.98. The van der Waals surface area contributed by atoms with Crippen LogP contribution in [0.4, 0.5) is 17.6 Å². The van der Waals surface area contributed by atoms with Crippen LogP contribution in [0.5, 0.6) is 0 Å². The van der Waals surface area contributed by atoms with Gasteiger partial charge in [-0.15, -0.1) is 0 Å². The first-order valence-electron chi connectivity index (χ1n) is 9.56. The molecule has 1 aliphatic heterocycles. The van der Waals surface area contributed by atoms with Gasteiger partial charge in [0.25, 0.3) is 0 Å². The van der Waals surface area contributed by atoms with Crippen molar-refractivity contribution in [3.05, 3.63) is 42.9 Å². The number of pyridine rings is 1. The quantitative estimate of drug-likeness (QED) is 0.539. The third-order valence-electron chi connectivity index (χ3n) is 5.18. The van der Waals surface area contributed by atoms with Crippen molar-refractivity contribution in [3.63, 3.8) is 0 Å². The second kappa shape index (κ2) is 7.01. The lowest BCUT2D eigenvalue weighted by Crippen LogP contribution is -2.28. The second-order valence-corrected chi connectivity index (χ2v) is 7.03. The Balaban J connectivity index is 1.46. The van der Waals surface area contributed by atoms with E-state index in [1.54, 1.807) is 12.5 Å². The van der Waals surface area contributed by atoms with Crippen molar-refractivity contribution in [2.75, 3.05) is 24.1 Å². The van der Waals surface area contributed by atoms with E-state index in [0.29, 0.717) is 48.3 Å². The smallest absolute Gasteiger partial charge is 0.232 e. The molecule has 4 heterocycles. The van der Waals surface area contributed by atoms with Crippen LogP contribution in [0.2, 0.25) is 0 Å². The van der Waals surface area contributed by atoms with Gasteiger partial charge in [-0.2, -0.15) is 9.97 Å². The zero-order valence-corrected chi connectivity index (χ0v) is 15.7. The van der Waals surface area contributed by atoms with E-state index in [2.05, 4.69) is 25.3 Å². The fourth-order valence-electron chi connectivity index (χ4n) is 3.68. The highest BCUT2D eigenvalue weighted by atomic mass is 16.2. The maximum absolute atomic E-state index is 11.9. The minimum Gasteiger partial charge on any atom is -0.382 e. The molecule has 9 heteroatoms. The first-order valence-corrected chi connectivity index (χ1v) is 9.56. The molecule has 0 bridgehead atoms. The van der Waals surface area contributed by atoms with E-state index in [1.807, 2.05) is 39.8 Å². The summed E-state index contributed by atoms with van der Waals surface area (Å²) in [5.41, 5.74) is 7.31. The monoisotopic (exact) mass is 388 g/mol. The zero-order chi connectivity index (χ0) is 19.8. The molecular formula is C20H20N8O. The highest BCUT2D eigenvalue weighted by Gasteiger charge is 2.20. The van der Waals surface area contributed by atoms with Crippen molar-refractivity contribution in [1.29, 1.82) is 0 Å². The second-order valence-electron chi connectivity index (χ2n) is 7.03. The summed E-state index contributed by atoms with van der Waals surface area (Å²) in [7, 11) is 0. The molecule has 0 atom stereocenters. The largest absolute Gasteiger partial charge is 0.382 e.